The maximum atomic E-state index is 12.7. The van der Waals surface area contributed by atoms with E-state index in [1.165, 1.54) is 6.42 Å². The number of carbonyl (C=O) groups is 2. The van der Waals surface area contributed by atoms with Crippen molar-refractivity contribution in [1.29, 1.82) is 0 Å². The van der Waals surface area contributed by atoms with Crippen LogP contribution in [0.5, 0.6) is 0 Å². The number of fused-ring (bicyclic) bond motifs is 1. The molecule has 2 saturated heterocycles. The number of amides is 1. The zero-order valence-corrected chi connectivity index (χ0v) is 11.3. The van der Waals surface area contributed by atoms with Gasteiger partial charge >= 0.3 is 5.97 Å². The maximum Gasteiger partial charge on any atom is 0.310 e. The van der Waals surface area contributed by atoms with Gasteiger partial charge in [-0.25, -0.2) is 0 Å². The minimum absolute atomic E-state index is 0.00356. The van der Waals surface area contributed by atoms with Crippen molar-refractivity contribution in [2.45, 2.75) is 49.9 Å². The van der Waals surface area contributed by atoms with Crippen molar-refractivity contribution in [2.75, 3.05) is 6.54 Å². The van der Waals surface area contributed by atoms with E-state index in [9.17, 15) is 14.7 Å². The summed E-state index contributed by atoms with van der Waals surface area (Å²) in [6.45, 7) is 0.540. The fourth-order valence-electron chi connectivity index (χ4n) is 4.51. The second kappa shape index (κ2) is 4.07. The molecule has 1 spiro atoms. The van der Waals surface area contributed by atoms with Gasteiger partial charge in [0.1, 0.15) is 11.5 Å². The van der Waals surface area contributed by atoms with Crippen molar-refractivity contribution >= 4 is 11.9 Å². The van der Waals surface area contributed by atoms with Crippen LogP contribution in [0.4, 0.5) is 0 Å². The Morgan fingerprint density at radius 1 is 1.35 bits per heavy atom. The number of carbonyl (C=O) groups excluding carboxylic acids is 1. The molecule has 4 aliphatic rings. The zero-order valence-electron chi connectivity index (χ0n) is 11.3. The summed E-state index contributed by atoms with van der Waals surface area (Å²) in [6.07, 6.45) is 8.98. The van der Waals surface area contributed by atoms with Crippen LogP contribution in [0.15, 0.2) is 12.2 Å². The molecular formula is C15H19NO4. The molecule has 5 heteroatoms. The van der Waals surface area contributed by atoms with Gasteiger partial charge in [-0.15, -0.1) is 0 Å². The lowest BCUT2D eigenvalue weighted by atomic mass is 9.77. The first-order valence-electron chi connectivity index (χ1n) is 7.53. The first-order valence-corrected chi connectivity index (χ1v) is 7.53. The van der Waals surface area contributed by atoms with Crippen molar-refractivity contribution < 1.29 is 19.4 Å². The zero-order chi connectivity index (χ0) is 13.9. The molecule has 5 nitrogen and oxygen atoms in total. The number of hydrogen-bond donors (Lipinski definition) is 1. The second-order valence-corrected chi connectivity index (χ2v) is 6.50. The molecule has 0 aromatic heterocycles. The van der Waals surface area contributed by atoms with Crippen molar-refractivity contribution in [2.24, 2.45) is 11.8 Å². The van der Waals surface area contributed by atoms with Crippen LogP contribution in [0.1, 0.15) is 32.1 Å². The Morgan fingerprint density at radius 2 is 2.10 bits per heavy atom. The molecule has 0 radical (unpaired) electrons. The van der Waals surface area contributed by atoms with E-state index >= 15 is 0 Å². The summed E-state index contributed by atoms with van der Waals surface area (Å²) in [7, 11) is 0. The average molecular weight is 277 g/mol. The van der Waals surface area contributed by atoms with Gasteiger partial charge in [0.25, 0.3) is 0 Å². The predicted molar refractivity (Wildman–Crippen MR) is 69.9 cm³/mol. The van der Waals surface area contributed by atoms with Gasteiger partial charge in [0.15, 0.2) is 0 Å². The summed E-state index contributed by atoms with van der Waals surface area (Å²) in [5, 5.41) is 9.41. The quantitative estimate of drug-likeness (QED) is 0.770. The van der Waals surface area contributed by atoms with E-state index in [1.54, 1.807) is 0 Å². The third kappa shape index (κ3) is 1.47. The highest BCUT2D eigenvalue weighted by atomic mass is 16.5. The van der Waals surface area contributed by atoms with Gasteiger partial charge in [-0.05, 0) is 12.8 Å². The van der Waals surface area contributed by atoms with Gasteiger partial charge in [-0.3, -0.25) is 9.59 Å². The topological polar surface area (TPSA) is 66.8 Å². The lowest BCUT2D eigenvalue weighted by Gasteiger charge is -2.32. The summed E-state index contributed by atoms with van der Waals surface area (Å²) in [4.78, 5) is 26.1. The van der Waals surface area contributed by atoms with Crippen LogP contribution < -0.4 is 0 Å². The Bertz CT molecular complexity index is 496. The van der Waals surface area contributed by atoms with Gasteiger partial charge in [0.2, 0.25) is 5.91 Å². The van der Waals surface area contributed by atoms with Gasteiger partial charge in [0, 0.05) is 6.04 Å². The smallest absolute Gasteiger partial charge is 0.310 e. The first-order chi connectivity index (χ1) is 9.62. The van der Waals surface area contributed by atoms with Crippen molar-refractivity contribution in [3.63, 3.8) is 0 Å². The van der Waals surface area contributed by atoms with Crippen molar-refractivity contribution in [1.82, 2.24) is 4.90 Å². The number of carboxylic acids is 1. The molecule has 1 aliphatic carbocycles. The Hall–Kier alpha value is -1.36. The van der Waals surface area contributed by atoms with E-state index in [0.717, 1.165) is 25.7 Å². The van der Waals surface area contributed by atoms with E-state index in [-0.39, 0.29) is 11.9 Å². The van der Waals surface area contributed by atoms with E-state index in [2.05, 4.69) is 0 Å². The molecule has 20 heavy (non-hydrogen) atoms. The molecule has 4 atom stereocenters. The summed E-state index contributed by atoms with van der Waals surface area (Å²) in [5.41, 5.74) is -0.664. The number of aliphatic carboxylic acids is 1. The number of rotatable bonds is 2. The first kappa shape index (κ1) is 12.4. The fraction of sp³-hybridized carbons (Fsp3) is 0.733. The van der Waals surface area contributed by atoms with Crippen LogP contribution >= 0.6 is 0 Å². The van der Waals surface area contributed by atoms with Crippen LogP contribution in [-0.4, -0.2) is 46.2 Å². The lowest BCUT2D eigenvalue weighted by molar-refractivity contribution is -0.148. The van der Waals surface area contributed by atoms with Gasteiger partial charge < -0.3 is 14.7 Å². The van der Waals surface area contributed by atoms with Gasteiger partial charge in [-0.1, -0.05) is 31.4 Å². The maximum absolute atomic E-state index is 12.7. The normalized spacial score (nSPS) is 43.3. The molecule has 3 heterocycles. The molecule has 1 amide bonds. The standard InChI is InChI=1S/C15H19NO4/c17-13-12-11(14(18)19)10-6-7-15(12,20-10)8-16(13)9-4-2-1-3-5-9/h6-7,9-12H,1-5,8H2,(H,18,19)/t10-,11+,12-,15+/m0/s1. The summed E-state index contributed by atoms with van der Waals surface area (Å²) in [6, 6.07) is 0.279. The van der Waals surface area contributed by atoms with Crippen molar-refractivity contribution in [3.8, 4) is 0 Å². The molecule has 0 aromatic carbocycles. The molecule has 108 valence electrons. The third-order valence-corrected chi connectivity index (χ3v) is 5.43. The van der Waals surface area contributed by atoms with E-state index in [0.29, 0.717) is 6.54 Å². The summed E-state index contributed by atoms with van der Waals surface area (Å²) >= 11 is 0. The largest absolute Gasteiger partial charge is 0.481 e. The number of hydrogen-bond acceptors (Lipinski definition) is 3. The van der Waals surface area contributed by atoms with Crippen LogP contribution in [0.25, 0.3) is 0 Å². The Kier molecular flexibility index (Phi) is 2.52. The monoisotopic (exact) mass is 277 g/mol. The van der Waals surface area contributed by atoms with Gasteiger partial charge in [-0.2, -0.15) is 0 Å². The number of ether oxygens (including phenoxy) is 1. The molecule has 1 N–H and O–H groups in total. The van der Waals surface area contributed by atoms with E-state index < -0.39 is 29.5 Å². The lowest BCUT2D eigenvalue weighted by Crippen LogP contribution is -2.42. The van der Waals surface area contributed by atoms with Crippen LogP contribution in [-0.2, 0) is 14.3 Å². The molecule has 3 aliphatic heterocycles. The fourth-order valence-corrected chi connectivity index (χ4v) is 4.51. The molecule has 1 saturated carbocycles. The second-order valence-electron chi connectivity index (χ2n) is 6.50. The van der Waals surface area contributed by atoms with Crippen LogP contribution in [0, 0.1) is 11.8 Å². The Labute approximate surface area is 117 Å². The van der Waals surface area contributed by atoms with Crippen molar-refractivity contribution in [3.05, 3.63) is 12.2 Å². The Morgan fingerprint density at radius 3 is 2.80 bits per heavy atom. The molecule has 4 rings (SSSR count). The summed E-state index contributed by atoms with van der Waals surface area (Å²) < 4.78 is 5.89. The number of nitrogens with zero attached hydrogens (tertiary/aromatic N) is 1. The average Bonchev–Trinajstić information content (AvgIpc) is 3.08. The summed E-state index contributed by atoms with van der Waals surface area (Å²) in [5.74, 6) is -2.14. The highest BCUT2D eigenvalue weighted by Crippen LogP contribution is 2.52. The van der Waals surface area contributed by atoms with E-state index in [4.69, 9.17) is 4.74 Å². The highest BCUT2D eigenvalue weighted by molar-refractivity contribution is 5.91. The third-order valence-electron chi connectivity index (χ3n) is 5.43. The van der Waals surface area contributed by atoms with Crippen LogP contribution in [0.2, 0.25) is 0 Å². The van der Waals surface area contributed by atoms with E-state index in [1.807, 2.05) is 17.1 Å². The molecule has 0 aromatic rings. The minimum atomic E-state index is -0.912. The molecule has 0 unspecified atom stereocenters. The highest BCUT2D eigenvalue weighted by Gasteiger charge is 2.67. The number of likely N-dealkylation sites (tertiary alicyclic amines) is 1. The molecule has 2 bridgehead atoms. The van der Waals surface area contributed by atoms with Crippen LogP contribution in [0.3, 0.4) is 0 Å². The molecular weight excluding hydrogens is 258 g/mol. The van der Waals surface area contributed by atoms with Gasteiger partial charge in [0.05, 0.1) is 18.6 Å². The SMILES string of the molecule is O=C(O)[C@@H]1[C@@H]2C=C[C@]3(CN(C4CCCCC4)C(=O)[C@H]13)O2. The predicted octanol–water partition coefficient (Wildman–Crippen LogP) is 1.19. The Balaban J connectivity index is 1.65. The number of carboxylic acid groups (broad SMARTS) is 1. The molecule has 3 fully saturated rings. The minimum Gasteiger partial charge on any atom is -0.481 e.